The van der Waals surface area contributed by atoms with Crippen molar-refractivity contribution in [1.82, 2.24) is 0 Å². The first kappa shape index (κ1) is 24.2. The van der Waals surface area contributed by atoms with E-state index in [0.717, 1.165) is 5.92 Å². The predicted molar refractivity (Wildman–Crippen MR) is 121 cm³/mol. The van der Waals surface area contributed by atoms with Crippen molar-refractivity contribution in [3.05, 3.63) is 71.3 Å². The summed E-state index contributed by atoms with van der Waals surface area (Å²) in [6.07, 6.45) is 7.33. The zero-order valence-electron chi connectivity index (χ0n) is 17.1. The minimum Gasteiger partial charge on any atom is -0.0859 e. The van der Waals surface area contributed by atoms with Crippen LogP contribution >= 0.6 is 0 Å². The van der Waals surface area contributed by atoms with Gasteiger partial charge in [0.2, 0.25) is 0 Å². The van der Waals surface area contributed by atoms with E-state index in [1.165, 1.54) is 53.5 Å². The van der Waals surface area contributed by atoms with Crippen LogP contribution in [0, 0.1) is 12.8 Å². The summed E-state index contributed by atoms with van der Waals surface area (Å²) in [7, 11) is 0. The molecule has 144 valence electrons. The lowest BCUT2D eigenvalue weighted by Crippen LogP contribution is -1.97. The van der Waals surface area contributed by atoms with Gasteiger partial charge in [0.15, 0.2) is 0 Å². The second-order valence-electron chi connectivity index (χ2n) is 7.07. The highest BCUT2D eigenvalue weighted by Gasteiger charge is 2.03. The minimum absolute atomic E-state index is 0. The molecule has 0 aliphatic heterocycles. The molecule has 0 saturated carbocycles. The van der Waals surface area contributed by atoms with Crippen molar-refractivity contribution in [3.63, 3.8) is 0 Å². The van der Waals surface area contributed by atoms with Crippen LogP contribution in [0.3, 0.4) is 0 Å². The van der Waals surface area contributed by atoms with Gasteiger partial charge in [0.25, 0.3) is 0 Å². The van der Waals surface area contributed by atoms with Gasteiger partial charge in [0.05, 0.1) is 0 Å². The quantitative estimate of drug-likeness (QED) is 0.437. The first-order valence-electron chi connectivity index (χ1n) is 9.84. The molecule has 2 aromatic carbocycles. The van der Waals surface area contributed by atoms with Crippen molar-refractivity contribution in [3.8, 4) is 11.1 Å². The van der Waals surface area contributed by atoms with Crippen LogP contribution in [0.2, 0.25) is 0 Å². The van der Waals surface area contributed by atoms with E-state index in [1.807, 2.05) is 13.8 Å². The highest BCUT2D eigenvalue weighted by molar-refractivity contribution is 5.63. The van der Waals surface area contributed by atoms with Gasteiger partial charge < -0.3 is 0 Å². The van der Waals surface area contributed by atoms with Gasteiger partial charge in [-0.1, -0.05) is 93.9 Å². The fourth-order valence-corrected chi connectivity index (χ4v) is 2.82. The summed E-state index contributed by atoms with van der Waals surface area (Å²) < 4.78 is 0. The Morgan fingerprint density at radius 3 is 1.85 bits per heavy atom. The Kier molecular flexibility index (Phi) is 12.5. The fourth-order valence-electron chi connectivity index (χ4n) is 2.82. The van der Waals surface area contributed by atoms with E-state index < -0.39 is 0 Å². The SMILES string of the molecule is C.CC.CC(C)=CCCC(C)CCc1ccc(-c2ccc(C)cc2)cc1. The van der Waals surface area contributed by atoms with Crippen LogP contribution in [0.5, 0.6) is 0 Å². The third-order valence-corrected chi connectivity index (χ3v) is 4.48. The number of hydrogen-bond acceptors (Lipinski definition) is 0. The third kappa shape index (κ3) is 9.04. The van der Waals surface area contributed by atoms with Crippen molar-refractivity contribution < 1.29 is 0 Å². The number of rotatable bonds is 7. The average Bonchev–Trinajstić information content (AvgIpc) is 2.62. The molecular weight excluding hydrogens is 312 g/mol. The molecule has 0 heteroatoms. The van der Waals surface area contributed by atoms with E-state index in [2.05, 4.69) is 82.3 Å². The maximum Gasteiger partial charge on any atom is -0.0184 e. The van der Waals surface area contributed by atoms with Gasteiger partial charge in [-0.05, 0) is 69.1 Å². The smallest absolute Gasteiger partial charge is 0.0184 e. The molecule has 2 rings (SSSR count). The largest absolute Gasteiger partial charge is 0.0859 e. The molecule has 0 aliphatic rings. The molecule has 1 atom stereocenters. The van der Waals surface area contributed by atoms with Crippen molar-refractivity contribution in [1.29, 1.82) is 0 Å². The summed E-state index contributed by atoms with van der Waals surface area (Å²) in [6, 6.07) is 17.9. The van der Waals surface area contributed by atoms with Gasteiger partial charge in [0.1, 0.15) is 0 Å². The number of allylic oxidation sites excluding steroid dienone is 2. The molecule has 0 bridgehead atoms. The molecule has 0 aliphatic carbocycles. The van der Waals surface area contributed by atoms with Crippen LogP contribution in [-0.2, 0) is 6.42 Å². The predicted octanol–water partition coefficient (Wildman–Crippen LogP) is 8.64. The fraction of sp³-hybridized carbons (Fsp3) is 0.462. The molecule has 0 amide bonds. The molecule has 0 aromatic heterocycles. The maximum absolute atomic E-state index is 2.37. The van der Waals surface area contributed by atoms with Gasteiger partial charge in [-0.3, -0.25) is 0 Å². The van der Waals surface area contributed by atoms with Crippen LogP contribution in [0.1, 0.15) is 72.4 Å². The van der Waals surface area contributed by atoms with E-state index in [1.54, 1.807) is 0 Å². The Balaban J connectivity index is 0.00000201. The second kappa shape index (κ2) is 13.4. The van der Waals surface area contributed by atoms with Gasteiger partial charge in [0, 0.05) is 0 Å². The highest BCUT2D eigenvalue weighted by Crippen LogP contribution is 2.22. The van der Waals surface area contributed by atoms with E-state index in [4.69, 9.17) is 0 Å². The Bertz CT molecular complexity index is 610. The van der Waals surface area contributed by atoms with Crippen molar-refractivity contribution in [2.75, 3.05) is 0 Å². The van der Waals surface area contributed by atoms with Gasteiger partial charge in [-0.25, -0.2) is 0 Å². The van der Waals surface area contributed by atoms with Gasteiger partial charge >= 0.3 is 0 Å². The van der Waals surface area contributed by atoms with E-state index in [-0.39, 0.29) is 7.43 Å². The number of hydrogen-bond donors (Lipinski definition) is 0. The molecule has 0 heterocycles. The lowest BCUT2D eigenvalue weighted by molar-refractivity contribution is 0.497. The van der Waals surface area contributed by atoms with Gasteiger partial charge in [-0.2, -0.15) is 0 Å². The summed E-state index contributed by atoms with van der Waals surface area (Å²) in [5, 5.41) is 0. The van der Waals surface area contributed by atoms with Crippen LogP contribution in [0.4, 0.5) is 0 Å². The summed E-state index contributed by atoms with van der Waals surface area (Å²) in [4.78, 5) is 0. The summed E-state index contributed by atoms with van der Waals surface area (Å²) in [5.74, 6) is 0.794. The number of aryl methyl sites for hydroxylation is 2. The Morgan fingerprint density at radius 2 is 1.35 bits per heavy atom. The summed E-state index contributed by atoms with van der Waals surface area (Å²) >= 11 is 0. The lowest BCUT2D eigenvalue weighted by atomic mass is 9.95. The molecule has 0 spiro atoms. The maximum atomic E-state index is 2.37. The first-order chi connectivity index (χ1) is 12.0. The van der Waals surface area contributed by atoms with Crippen molar-refractivity contribution >= 4 is 0 Å². The Hall–Kier alpha value is -1.82. The topological polar surface area (TPSA) is 0 Å². The standard InChI is InChI=1S/C23H30.C2H6.CH4/c1-18(2)6-5-7-19(3)8-11-21-12-16-23(17-13-21)22-14-9-20(4)10-15-22;1-2;/h6,9-10,12-17,19H,5,7-8,11H2,1-4H3;1-2H3;1H4. The monoisotopic (exact) mass is 352 g/mol. The molecule has 0 nitrogen and oxygen atoms in total. The minimum atomic E-state index is 0. The second-order valence-corrected chi connectivity index (χ2v) is 7.07. The average molecular weight is 353 g/mol. The molecule has 1 unspecified atom stereocenters. The summed E-state index contributed by atoms with van der Waals surface area (Å²) in [5.41, 5.74) is 6.81. The Labute approximate surface area is 163 Å². The van der Waals surface area contributed by atoms with Crippen LogP contribution in [0.15, 0.2) is 60.2 Å². The molecule has 2 aromatic rings. The van der Waals surface area contributed by atoms with Crippen molar-refractivity contribution in [2.24, 2.45) is 5.92 Å². The van der Waals surface area contributed by atoms with E-state index >= 15 is 0 Å². The molecule has 0 N–H and O–H groups in total. The van der Waals surface area contributed by atoms with E-state index in [0.29, 0.717) is 0 Å². The normalized spacial score (nSPS) is 10.8. The Morgan fingerprint density at radius 1 is 0.846 bits per heavy atom. The molecule has 26 heavy (non-hydrogen) atoms. The van der Waals surface area contributed by atoms with Crippen LogP contribution in [-0.4, -0.2) is 0 Å². The van der Waals surface area contributed by atoms with Gasteiger partial charge in [-0.15, -0.1) is 0 Å². The molecule has 0 radical (unpaired) electrons. The number of benzene rings is 2. The van der Waals surface area contributed by atoms with Crippen molar-refractivity contribution in [2.45, 2.75) is 74.7 Å². The first-order valence-corrected chi connectivity index (χ1v) is 9.84. The highest BCUT2D eigenvalue weighted by atomic mass is 14.1. The third-order valence-electron chi connectivity index (χ3n) is 4.48. The lowest BCUT2D eigenvalue weighted by Gasteiger charge is -2.10. The zero-order chi connectivity index (χ0) is 18.7. The van der Waals surface area contributed by atoms with Crippen LogP contribution in [0.25, 0.3) is 11.1 Å². The zero-order valence-corrected chi connectivity index (χ0v) is 17.1. The molecule has 0 saturated heterocycles. The molecular formula is C26H40. The van der Waals surface area contributed by atoms with E-state index in [9.17, 15) is 0 Å². The van der Waals surface area contributed by atoms with Crippen LogP contribution < -0.4 is 0 Å². The summed E-state index contributed by atoms with van der Waals surface area (Å²) in [6.45, 7) is 12.9. The molecule has 0 fully saturated rings.